The second-order valence-electron chi connectivity index (χ2n) is 4.69. The van der Waals surface area contributed by atoms with Crippen molar-refractivity contribution in [1.82, 2.24) is 4.57 Å². The van der Waals surface area contributed by atoms with Crippen LogP contribution in [0.25, 0.3) is 10.9 Å². The molecule has 0 amide bonds. The van der Waals surface area contributed by atoms with Gasteiger partial charge in [-0.15, -0.1) is 0 Å². The zero-order valence-electron chi connectivity index (χ0n) is 11.1. The Kier molecular flexibility index (Phi) is 3.38. The number of hydrogen-bond donors (Lipinski definition) is 1. The Bertz CT molecular complexity index is 751. The van der Waals surface area contributed by atoms with Gasteiger partial charge in [0.15, 0.2) is 0 Å². The predicted molar refractivity (Wildman–Crippen MR) is 81.6 cm³/mol. The maximum absolute atomic E-state index is 8.90. The van der Waals surface area contributed by atoms with Crippen molar-refractivity contribution in [2.24, 2.45) is 0 Å². The molecule has 0 aliphatic rings. The van der Waals surface area contributed by atoms with Crippen molar-refractivity contribution in [1.29, 1.82) is 5.26 Å². The van der Waals surface area contributed by atoms with Crippen molar-refractivity contribution in [3.05, 3.63) is 66.4 Å². The van der Waals surface area contributed by atoms with Crippen LogP contribution in [-0.2, 0) is 6.54 Å². The van der Waals surface area contributed by atoms with Gasteiger partial charge in [0.2, 0.25) is 0 Å². The maximum Gasteiger partial charge on any atom is 0.0991 e. The molecule has 1 N–H and O–H groups in total. The van der Waals surface area contributed by atoms with Gasteiger partial charge in [-0.2, -0.15) is 5.26 Å². The van der Waals surface area contributed by atoms with Crippen LogP contribution in [-0.4, -0.2) is 11.1 Å². The summed E-state index contributed by atoms with van der Waals surface area (Å²) >= 11 is 0. The van der Waals surface area contributed by atoms with Gasteiger partial charge in [0, 0.05) is 35.9 Å². The Hall–Kier alpha value is -2.73. The fourth-order valence-electron chi connectivity index (χ4n) is 2.34. The Morgan fingerprint density at radius 3 is 2.70 bits per heavy atom. The minimum atomic E-state index is 0.706. The summed E-state index contributed by atoms with van der Waals surface area (Å²) in [7, 11) is 0. The van der Waals surface area contributed by atoms with E-state index in [1.165, 1.54) is 5.52 Å². The first-order valence-corrected chi connectivity index (χ1v) is 6.65. The van der Waals surface area contributed by atoms with Gasteiger partial charge < -0.3 is 9.88 Å². The highest BCUT2D eigenvalue weighted by Gasteiger charge is 2.01. The number of fused-ring (bicyclic) bond motifs is 1. The number of rotatable bonds is 4. The number of nitrogens with one attached hydrogen (secondary N) is 1. The lowest BCUT2D eigenvalue weighted by atomic mass is 10.2. The van der Waals surface area contributed by atoms with Gasteiger partial charge in [-0.05, 0) is 36.4 Å². The molecule has 1 heterocycles. The quantitative estimate of drug-likeness (QED) is 0.779. The van der Waals surface area contributed by atoms with Gasteiger partial charge in [0.1, 0.15) is 0 Å². The molecule has 3 heteroatoms. The molecule has 3 aromatic rings. The third kappa shape index (κ3) is 2.50. The Morgan fingerprint density at radius 1 is 1.05 bits per heavy atom. The van der Waals surface area contributed by atoms with Crippen molar-refractivity contribution in [3.8, 4) is 6.07 Å². The summed E-state index contributed by atoms with van der Waals surface area (Å²) in [5.41, 5.74) is 3.01. The van der Waals surface area contributed by atoms with Gasteiger partial charge in [-0.3, -0.25) is 0 Å². The summed E-state index contributed by atoms with van der Waals surface area (Å²) in [4.78, 5) is 0. The molecule has 0 bridgehead atoms. The van der Waals surface area contributed by atoms with E-state index < -0.39 is 0 Å². The summed E-state index contributed by atoms with van der Waals surface area (Å²) < 4.78 is 2.20. The summed E-state index contributed by atoms with van der Waals surface area (Å²) in [5, 5.41) is 13.4. The molecule has 0 radical (unpaired) electrons. The summed E-state index contributed by atoms with van der Waals surface area (Å²) in [6.45, 7) is 1.76. The van der Waals surface area contributed by atoms with Gasteiger partial charge in [0.25, 0.3) is 0 Å². The van der Waals surface area contributed by atoms with Crippen molar-refractivity contribution in [2.75, 3.05) is 11.9 Å². The molecule has 0 saturated heterocycles. The monoisotopic (exact) mass is 261 g/mol. The molecule has 2 aromatic carbocycles. The molecule has 1 aromatic heterocycles. The molecule has 0 saturated carbocycles. The second-order valence-corrected chi connectivity index (χ2v) is 4.69. The molecule has 3 nitrogen and oxygen atoms in total. The van der Waals surface area contributed by atoms with Gasteiger partial charge >= 0.3 is 0 Å². The van der Waals surface area contributed by atoms with Crippen LogP contribution in [0.2, 0.25) is 0 Å². The van der Waals surface area contributed by atoms with Crippen LogP contribution in [0.15, 0.2) is 60.8 Å². The minimum absolute atomic E-state index is 0.706. The normalized spacial score (nSPS) is 10.3. The van der Waals surface area contributed by atoms with Gasteiger partial charge in [-0.1, -0.05) is 18.2 Å². The smallest absolute Gasteiger partial charge is 0.0991 e. The molecular weight excluding hydrogens is 246 g/mol. The highest BCUT2D eigenvalue weighted by atomic mass is 15.0. The molecular formula is C17H15N3. The second kappa shape index (κ2) is 5.50. The third-order valence-electron chi connectivity index (χ3n) is 3.36. The van der Waals surface area contributed by atoms with Crippen LogP contribution in [0.3, 0.4) is 0 Å². The van der Waals surface area contributed by atoms with E-state index in [9.17, 15) is 0 Å². The number of hydrogen-bond acceptors (Lipinski definition) is 2. The number of aromatic nitrogens is 1. The van der Waals surface area contributed by atoms with E-state index in [4.69, 9.17) is 5.26 Å². The average molecular weight is 261 g/mol. The van der Waals surface area contributed by atoms with E-state index in [1.807, 2.05) is 36.4 Å². The molecule has 3 rings (SSSR count). The van der Waals surface area contributed by atoms with Crippen LogP contribution < -0.4 is 5.32 Å². The molecule has 0 aliphatic carbocycles. The highest BCUT2D eigenvalue weighted by Crippen LogP contribution is 2.17. The third-order valence-corrected chi connectivity index (χ3v) is 3.36. The first-order chi connectivity index (χ1) is 9.86. The lowest BCUT2D eigenvalue weighted by molar-refractivity contribution is 0.757. The largest absolute Gasteiger partial charge is 0.383 e. The Balaban J connectivity index is 1.71. The lowest BCUT2D eigenvalue weighted by Crippen LogP contribution is -2.09. The van der Waals surface area contributed by atoms with E-state index in [0.29, 0.717) is 5.56 Å². The first-order valence-electron chi connectivity index (χ1n) is 6.65. The summed E-state index contributed by atoms with van der Waals surface area (Å²) in [6, 6.07) is 20.2. The van der Waals surface area contributed by atoms with E-state index in [0.717, 1.165) is 24.2 Å². The summed E-state index contributed by atoms with van der Waals surface area (Å²) in [6.07, 6.45) is 2.07. The summed E-state index contributed by atoms with van der Waals surface area (Å²) in [5.74, 6) is 0. The molecule has 0 atom stereocenters. The molecule has 0 aliphatic heterocycles. The number of benzene rings is 2. The van der Waals surface area contributed by atoms with Gasteiger partial charge in [-0.25, -0.2) is 0 Å². The van der Waals surface area contributed by atoms with E-state index in [2.05, 4.69) is 40.3 Å². The number of nitrogens with zero attached hydrogens (tertiary/aromatic N) is 2. The highest BCUT2D eigenvalue weighted by molar-refractivity contribution is 5.81. The van der Waals surface area contributed by atoms with Crippen LogP contribution in [0.4, 0.5) is 5.69 Å². The van der Waals surface area contributed by atoms with Crippen molar-refractivity contribution in [3.63, 3.8) is 0 Å². The average Bonchev–Trinajstić information content (AvgIpc) is 2.91. The topological polar surface area (TPSA) is 40.8 Å². The molecule has 0 unspecified atom stereocenters. The fraction of sp³-hybridized carbons (Fsp3) is 0.118. The van der Waals surface area contributed by atoms with E-state index >= 15 is 0 Å². The van der Waals surface area contributed by atoms with Crippen LogP contribution in [0.5, 0.6) is 0 Å². The SMILES string of the molecule is N#Cc1ccc2c(ccn2CCNc2ccccc2)c1. The molecule has 0 fully saturated rings. The Morgan fingerprint density at radius 2 is 1.90 bits per heavy atom. The maximum atomic E-state index is 8.90. The van der Waals surface area contributed by atoms with E-state index in [-0.39, 0.29) is 0 Å². The molecule has 98 valence electrons. The van der Waals surface area contributed by atoms with Crippen LogP contribution >= 0.6 is 0 Å². The zero-order chi connectivity index (χ0) is 13.8. The van der Waals surface area contributed by atoms with Gasteiger partial charge in [0.05, 0.1) is 11.6 Å². The van der Waals surface area contributed by atoms with Crippen LogP contribution in [0.1, 0.15) is 5.56 Å². The number of nitriles is 1. The molecule has 20 heavy (non-hydrogen) atoms. The predicted octanol–water partition coefficient (Wildman–Crippen LogP) is 3.63. The van der Waals surface area contributed by atoms with E-state index in [1.54, 1.807) is 0 Å². The molecule has 0 spiro atoms. The first kappa shape index (κ1) is 12.3. The number of anilines is 1. The zero-order valence-corrected chi connectivity index (χ0v) is 11.1. The van der Waals surface area contributed by atoms with Crippen molar-refractivity contribution >= 4 is 16.6 Å². The lowest BCUT2D eigenvalue weighted by Gasteiger charge is -2.08. The van der Waals surface area contributed by atoms with Crippen molar-refractivity contribution in [2.45, 2.75) is 6.54 Å². The minimum Gasteiger partial charge on any atom is -0.383 e. The Labute approximate surface area is 118 Å². The van der Waals surface area contributed by atoms with Crippen molar-refractivity contribution < 1.29 is 0 Å². The fourth-order valence-corrected chi connectivity index (χ4v) is 2.34. The standard InChI is InChI=1S/C17H15N3/c18-13-14-6-7-17-15(12-14)8-10-20(17)11-9-19-16-4-2-1-3-5-16/h1-8,10,12,19H,9,11H2. The number of para-hydroxylation sites is 1. The van der Waals surface area contributed by atoms with Crippen LogP contribution in [0, 0.1) is 11.3 Å².